The molecule has 0 heterocycles. The Bertz CT molecular complexity index is 873. The van der Waals surface area contributed by atoms with Gasteiger partial charge in [-0.3, -0.25) is 0 Å². The van der Waals surface area contributed by atoms with Crippen molar-refractivity contribution >= 4 is 11.6 Å². The molecule has 8 nitrogen and oxygen atoms in total. The van der Waals surface area contributed by atoms with Crippen LogP contribution in [0.15, 0.2) is 42.5 Å². The molecule has 0 bridgehead atoms. The Labute approximate surface area is 197 Å². The van der Waals surface area contributed by atoms with Crippen LogP contribution in [0.2, 0.25) is 5.02 Å². The topological polar surface area (TPSA) is 140 Å². The van der Waals surface area contributed by atoms with E-state index in [-0.39, 0.29) is 5.56 Å². The van der Waals surface area contributed by atoms with Gasteiger partial charge in [-0.1, -0.05) is 35.9 Å². The van der Waals surface area contributed by atoms with Crippen LogP contribution in [-0.4, -0.2) is 81.0 Å². The standard InChI is InChI=1S/C24H31ClO8/c25-19-8-3-15(21(28)23(30)24(31)22(29)20(27)13-26)12-16(19)11-14-1-4-17(5-2-14)32-9-10-33-18-6-7-18/h1-5,8,12,18,20-24,26-31H,6-7,9-11,13H2/t20-,21?,22+,23-,24-/m0/s1. The van der Waals surface area contributed by atoms with Crippen LogP contribution in [0.5, 0.6) is 5.75 Å². The Morgan fingerprint density at radius 2 is 1.58 bits per heavy atom. The molecule has 0 spiro atoms. The summed E-state index contributed by atoms with van der Waals surface area (Å²) in [7, 11) is 0. The molecular formula is C24H31ClO8. The van der Waals surface area contributed by atoms with Crippen LogP contribution in [0.25, 0.3) is 0 Å². The van der Waals surface area contributed by atoms with Gasteiger partial charge in [-0.25, -0.2) is 0 Å². The Morgan fingerprint density at radius 1 is 0.879 bits per heavy atom. The third-order valence-corrected chi connectivity index (χ3v) is 5.93. The fourth-order valence-corrected chi connectivity index (χ4v) is 3.55. The summed E-state index contributed by atoms with van der Waals surface area (Å²) in [5, 5.41) is 59.4. The number of halogens is 1. The third-order valence-electron chi connectivity index (χ3n) is 5.56. The van der Waals surface area contributed by atoms with E-state index in [1.54, 1.807) is 12.1 Å². The van der Waals surface area contributed by atoms with Crippen molar-refractivity contribution < 1.29 is 40.1 Å². The van der Waals surface area contributed by atoms with Gasteiger partial charge < -0.3 is 40.1 Å². The minimum absolute atomic E-state index is 0.280. The maximum atomic E-state index is 10.5. The second-order valence-corrected chi connectivity index (χ2v) is 8.66. The number of benzene rings is 2. The maximum Gasteiger partial charge on any atom is 0.119 e. The fourth-order valence-electron chi connectivity index (χ4n) is 3.37. The summed E-state index contributed by atoms with van der Waals surface area (Å²) in [6.45, 7) is 0.248. The Hall–Kier alpha value is -1.75. The highest BCUT2D eigenvalue weighted by molar-refractivity contribution is 6.31. The highest BCUT2D eigenvalue weighted by Crippen LogP contribution is 2.28. The lowest BCUT2D eigenvalue weighted by Gasteiger charge is -2.28. The van der Waals surface area contributed by atoms with Gasteiger partial charge in [0, 0.05) is 5.02 Å². The summed E-state index contributed by atoms with van der Waals surface area (Å²) in [5.41, 5.74) is 1.92. The smallest absolute Gasteiger partial charge is 0.119 e. The lowest BCUT2D eigenvalue weighted by Crippen LogP contribution is -2.47. The van der Waals surface area contributed by atoms with Crippen LogP contribution in [0.3, 0.4) is 0 Å². The summed E-state index contributed by atoms with van der Waals surface area (Å²) in [6, 6.07) is 12.2. The van der Waals surface area contributed by atoms with Gasteiger partial charge >= 0.3 is 0 Å². The Kier molecular flexibility index (Phi) is 9.48. The number of ether oxygens (including phenoxy) is 2. The Morgan fingerprint density at radius 3 is 2.21 bits per heavy atom. The first-order valence-electron chi connectivity index (χ1n) is 10.9. The van der Waals surface area contributed by atoms with Crippen molar-refractivity contribution in [3.63, 3.8) is 0 Å². The second kappa shape index (κ2) is 12.1. The van der Waals surface area contributed by atoms with Gasteiger partial charge in [0.05, 0.1) is 19.3 Å². The van der Waals surface area contributed by atoms with Crippen LogP contribution in [0.1, 0.15) is 35.6 Å². The van der Waals surface area contributed by atoms with Crippen LogP contribution in [0, 0.1) is 0 Å². The van der Waals surface area contributed by atoms with E-state index in [0.29, 0.717) is 36.3 Å². The zero-order chi connectivity index (χ0) is 24.0. The van der Waals surface area contributed by atoms with Crippen LogP contribution < -0.4 is 4.74 Å². The van der Waals surface area contributed by atoms with Crippen molar-refractivity contribution in [2.24, 2.45) is 0 Å². The molecule has 0 radical (unpaired) electrons. The minimum Gasteiger partial charge on any atom is -0.491 e. The first-order valence-corrected chi connectivity index (χ1v) is 11.3. The van der Waals surface area contributed by atoms with E-state index in [1.807, 2.05) is 24.3 Å². The molecule has 3 rings (SSSR count). The average molecular weight is 483 g/mol. The molecule has 2 aromatic carbocycles. The van der Waals surface area contributed by atoms with Crippen molar-refractivity contribution in [2.45, 2.75) is 55.9 Å². The lowest BCUT2D eigenvalue weighted by molar-refractivity contribution is -0.141. The normalized spacial score (nSPS) is 18.4. The molecule has 2 aromatic rings. The van der Waals surface area contributed by atoms with Crippen molar-refractivity contribution in [3.05, 3.63) is 64.2 Å². The van der Waals surface area contributed by atoms with Gasteiger partial charge in [-0.05, 0) is 54.2 Å². The monoisotopic (exact) mass is 482 g/mol. The largest absolute Gasteiger partial charge is 0.491 e. The average Bonchev–Trinajstić information content (AvgIpc) is 3.66. The van der Waals surface area contributed by atoms with Crippen LogP contribution >= 0.6 is 11.6 Å². The van der Waals surface area contributed by atoms with E-state index >= 15 is 0 Å². The maximum absolute atomic E-state index is 10.5. The molecule has 0 aliphatic heterocycles. The van der Waals surface area contributed by atoms with E-state index in [1.165, 1.54) is 6.07 Å². The summed E-state index contributed by atoms with van der Waals surface area (Å²) < 4.78 is 11.2. The molecule has 0 amide bonds. The Balaban J connectivity index is 1.60. The zero-order valence-electron chi connectivity index (χ0n) is 18.1. The van der Waals surface area contributed by atoms with Gasteiger partial charge in [-0.2, -0.15) is 0 Å². The van der Waals surface area contributed by atoms with E-state index in [2.05, 4.69) is 0 Å². The molecular weight excluding hydrogens is 452 g/mol. The molecule has 5 atom stereocenters. The molecule has 0 saturated heterocycles. The molecule has 1 unspecified atom stereocenters. The third kappa shape index (κ3) is 7.37. The van der Waals surface area contributed by atoms with Crippen LogP contribution in [0.4, 0.5) is 0 Å². The molecule has 33 heavy (non-hydrogen) atoms. The van der Waals surface area contributed by atoms with Crippen molar-refractivity contribution in [1.82, 2.24) is 0 Å². The number of aliphatic hydroxyl groups excluding tert-OH is 6. The summed E-state index contributed by atoms with van der Waals surface area (Å²) in [5.74, 6) is 0.731. The highest BCUT2D eigenvalue weighted by atomic mass is 35.5. The van der Waals surface area contributed by atoms with Crippen molar-refractivity contribution in [1.29, 1.82) is 0 Å². The van der Waals surface area contributed by atoms with Gasteiger partial charge in [0.1, 0.15) is 42.9 Å². The number of hydrogen-bond acceptors (Lipinski definition) is 8. The molecule has 1 aliphatic carbocycles. The second-order valence-electron chi connectivity index (χ2n) is 8.26. The molecule has 1 aliphatic rings. The highest BCUT2D eigenvalue weighted by Gasteiger charge is 2.34. The van der Waals surface area contributed by atoms with Gasteiger partial charge in [0.25, 0.3) is 0 Å². The van der Waals surface area contributed by atoms with Crippen molar-refractivity contribution in [2.75, 3.05) is 19.8 Å². The van der Waals surface area contributed by atoms with E-state index in [4.69, 9.17) is 26.2 Å². The van der Waals surface area contributed by atoms with Gasteiger partial charge in [0.2, 0.25) is 0 Å². The van der Waals surface area contributed by atoms with E-state index in [9.17, 15) is 25.5 Å². The SMILES string of the molecule is OC[C@H](O)[C@@H](O)[C@H](O)[C@@H](O)C(O)c1ccc(Cl)c(Cc2ccc(OCCOC3CC3)cc2)c1. The first kappa shape index (κ1) is 25.9. The number of aliphatic hydroxyl groups is 6. The molecule has 1 saturated carbocycles. The predicted molar refractivity (Wildman–Crippen MR) is 121 cm³/mol. The summed E-state index contributed by atoms with van der Waals surface area (Å²) in [6.07, 6.45) is -5.59. The summed E-state index contributed by atoms with van der Waals surface area (Å²) >= 11 is 6.32. The van der Waals surface area contributed by atoms with E-state index in [0.717, 1.165) is 24.2 Å². The fraction of sp³-hybridized carbons (Fsp3) is 0.500. The number of rotatable bonds is 13. The first-order chi connectivity index (χ1) is 15.8. The molecule has 6 N–H and O–H groups in total. The van der Waals surface area contributed by atoms with Crippen molar-refractivity contribution in [3.8, 4) is 5.75 Å². The zero-order valence-corrected chi connectivity index (χ0v) is 18.9. The molecule has 9 heteroatoms. The van der Waals surface area contributed by atoms with E-state index < -0.39 is 37.1 Å². The lowest BCUT2D eigenvalue weighted by atomic mass is 9.93. The number of hydrogen-bond donors (Lipinski definition) is 6. The molecule has 182 valence electrons. The minimum atomic E-state index is -1.87. The summed E-state index contributed by atoms with van der Waals surface area (Å²) in [4.78, 5) is 0. The quantitative estimate of drug-likeness (QED) is 0.232. The van der Waals surface area contributed by atoms with Gasteiger partial charge in [0.15, 0.2) is 0 Å². The predicted octanol–water partition coefficient (Wildman–Crippen LogP) is 0.958. The van der Waals surface area contributed by atoms with Crippen LogP contribution in [-0.2, 0) is 11.2 Å². The molecule has 1 fully saturated rings. The van der Waals surface area contributed by atoms with Gasteiger partial charge in [-0.15, -0.1) is 0 Å². The molecule has 0 aromatic heterocycles.